The second-order valence-electron chi connectivity index (χ2n) is 6.33. The van der Waals surface area contributed by atoms with Gasteiger partial charge < -0.3 is 19.9 Å². The third-order valence-electron chi connectivity index (χ3n) is 4.12. The molecule has 2 aromatic rings. The molecule has 0 spiro atoms. The smallest absolute Gasteiger partial charge is 0.329 e. The topological polar surface area (TPSA) is 105 Å². The Morgan fingerprint density at radius 1 is 1.17 bits per heavy atom. The van der Waals surface area contributed by atoms with Crippen molar-refractivity contribution in [2.24, 2.45) is 0 Å². The Bertz CT molecular complexity index is 1020. The second kappa shape index (κ2) is 9.08. The zero-order valence-corrected chi connectivity index (χ0v) is 16.1. The number of hydrogen-bond donors (Lipinski definition) is 2. The summed E-state index contributed by atoms with van der Waals surface area (Å²) in [4.78, 5) is 35.5. The number of carboxylic acids is 1. The molecule has 0 bridgehead atoms. The van der Waals surface area contributed by atoms with Crippen LogP contribution in [-0.2, 0) is 16.2 Å². The number of aliphatic carboxylic acids is 1. The zero-order valence-electron chi connectivity index (χ0n) is 16.1. The van der Waals surface area contributed by atoms with Crippen LogP contribution in [0.3, 0.4) is 0 Å². The molecule has 0 saturated carbocycles. The number of ether oxygens (including phenoxy) is 2. The fourth-order valence-corrected chi connectivity index (χ4v) is 2.81. The standard InChI is InChI=1S/C21H19FN2O6/c1-2-29-18-10-13(9-16-20(27)24(11-19(25)26)21(28)23-16)6-7-17(18)30-12-14-4-3-5-15(22)8-14/h3-10H,2,11-12H2,1H3,(H,23,28)(H,25,26)/b16-9+. The molecule has 3 amide bonds. The summed E-state index contributed by atoms with van der Waals surface area (Å²) in [7, 11) is 0. The predicted octanol–water partition coefficient (Wildman–Crippen LogP) is 2.78. The molecular weight excluding hydrogens is 395 g/mol. The number of hydrogen-bond acceptors (Lipinski definition) is 5. The number of benzene rings is 2. The molecule has 0 aromatic heterocycles. The lowest BCUT2D eigenvalue weighted by atomic mass is 10.1. The molecule has 0 aliphatic carbocycles. The van der Waals surface area contributed by atoms with Crippen LogP contribution in [0.25, 0.3) is 6.08 Å². The highest BCUT2D eigenvalue weighted by atomic mass is 19.1. The second-order valence-corrected chi connectivity index (χ2v) is 6.33. The minimum Gasteiger partial charge on any atom is -0.490 e. The molecule has 30 heavy (non-hydrogen) atoms. The summed E-state index contributed by atoms with van der Waals surface area (Å²) in [5, 5.41) is 11.2. The van der Waals surface area contributed by atoms with E-state index in [2.05, 4.69) is 5.32 Å². The first-order chi connectivity index (χ1) is 14.4. The SMILES string of the molecule is CCOc1cc(/C=C2/NC(=O)N(CC(=O)O)C2=O)ccc1OCc1cccc(F)c1. The number of nitrogens with one attached hydrogen (secondary N) is 1. The highest BCUT2D eigenvalue weighted by Crippen LogP contribution is 2.30. The fourth-order valence-electron chi connectivity index (χ4n) is 2.81. The lowest BCUT2D eigenvalue weighted by Gasteiger charge is -2.13. The molecule has 0 unspecified atom stereocenters. The van der Waals surface area contributed by atoms with E-state index in [1.54, 1.807) is 37.3 Å². The molecule has 2 N–H and O–H groups in total. The number of carbonyl (C=O) groups is 3. The number of urea groups is 1. The molecule has 8 nitrogen and oxygen atoms in total. The number of nitrogens with zero attached hydrogens (tertiary/aromatic N) is 1. The van der Waals surface area contributed by atoms with Gasteiger partial charge in [0.1, 0.15) is 24.7 Å². The van der Waals surface area contributed by atoms with Gasteiger partial charge in [0.15, 0.2) is 11.5 Å². The molecule has 1 fully saturated rings. The quantitative estimate of drug-likeness (QED) is 0.508. The molecule has 1 aliphatic rings. The van der Waals surface area contributed by atoms with E-state index in [9.17, 15) is 18.8 Å². The molecule has 0 radical (unpaired) electrons. The van der Waals surface area contributed by atoms with Crippen molar-refractivity contribution in [1.29, 1.82) is 0 Å². The number of rotatable bonds is 8. The van der Waals surface area contributed by atoms with E-state index in [0.717, 1.165) is 0 Å². The van der Waals surface area contributed by atoms with Crippen LogP contribution in [0.2, 0.25) is 0 Å². The number of carboxylic acid groups (broad SMARTS) is 1. The van der Waals surface area contributed by atoms with Crippen LogP contribution >= 0.6 is 0 Å². The molecular formula is C21H19FN2O6. The molecule has 2 aromatic carbocycles. The molecule has 1 saturated heterocycles. The van der Waals surface area contributed by atoms with Crippen LogP contribution in [-0.4, -0.2) is 41.1 Å². The number of halogens is 1. The Morgan fingerprint density at radius 2 is 1.97 bits per heavy atom. The maximum absolute atomic E-state index is 13.3. The Balaban J connectivity index is 1.79. The van der Waals surface area contributed by atoms with E-state index in [1.807, 2.05) is 0 Å². The molecule has 9 heteroatoms. The van der Waals surface area contributed by atoms with Gasteiger partial charge >= 0.3 is 12.0 Å². The lowest BCUT2D eigenvalue weighted by molar-refractivity contribution is -0.140. The third-order valence-corrected chi connectivity index (χ3v) is 4.12. The van der Waals surface area contributed by atoms with Gasteiger partial charge in [0.05, 0.1) is 6.61 Å². The van der Waals surface area contributed by atoms with Gasteiger partial charge in [-0.25, -0.2) is 14.1 Å². The summed E-state index contributed by atoms with van der Waals surface area (Å²) in [6.45, 7) is 1.57. The van der Waals surface area contributed by atoms with Gasteiger partial charge in [0.25, 0.3) is 5.91 Å². The van der Waals surface area contributed by atoms with Crippen LogP contribution in [0, 0.1) is 5.82 Å². The van der Waals surface area contributed by atoms with E-state index in [4.69, 9.17) is 14.6 Å². The van der Waals surface area contributed by atoms with Crippen molar-refractivity contribution >= 4 is 24.0 Å². The van der Waals surface area contributed by atoms with Crippen LogP contribution in [0.5, 0.6) is 11.5 Å². The van der Waals surface area contributed by atoms with E-state index in [0.29, 0.717) is 34.1 Å². The van der Waals surface area contributed by atoms with E-state index >= 15 is 0 Å². The summed E-state index contributed by atoms with van der Waals surface area (Å²) >= 11 is 0. The first-order valence-electron chi connectivity index (χ1n) is 9.07. The minimum absolute atomic E-state index is 0.0443. The normalized spacial score (nSPS) is 14.7. The van der Waals surface area contributed by atoms with Crippen molar-refractivity contribution in [3.63, 3.8) is 0 Å². The largest absolute Gasteiger partial charge is 0.490 e. The van der Waals surface area contributed by atoms with E-state index in [-0.39, 0.29) is 18.1 Å². The van der Waals surface area contributed by atoms with Gasteiger partial charge in [-0.2, -0.15) is 0 Å². The first kappa shape index (κ1) is 20.8. The monoisotopic (exact) mass is 414 g/mol. The van der Waals surface area contributed by atoms with Crippen molar-refractivity contribution in [2.45, 2.75) is 13.5 Å². The minimum atomic E-state index is -1.29. The molecule has 3 rings (SSSR count). The highest BCUT2D eigenvalue weighted by molar-refractivity contribution is 6.15. The summed E-state index contributed by atoms with van der Waals surface area (Å²) in [6.07, 6.45) is 1.42. The van der Waals surface area contributed by atoms with Crippen molar-refractivity contribution in [3.8, 4) is 11.5 Å². The zero-order chi connectivity index (χ0) is 21.7. The third kappa shape index (κ3) is 4.93. The molecule has 1 heterocycles. The van der Waals surface area contributed by atoms with Crippen molar-refractivity contribution < 1.29 is 33.4 Å². The average molecular weight is 414 g/mol. The summed E-state index contributed by atoms with van der Waals surface area (Å²) in [5.41, 5.74) is 1.15. The number of carbonyl (C=O) groups excluding carboxylic acids is 2. The molecule has 156 valence electrons. The summed E-state index contributed by atoms with van der Waals surface area (Å²) < 4.78 is 24.6. The van der Waals surface area contributed by atoms with Crippen LogP contribution in [0.4, 0.5) is 9.18 Å². The van der Waals surface area contributed by atoms with Gasteiger partial charge in [-0.15, -0.1) is 0 Å². The van der Waals surface area contributed by atoms with Gasteiger partial charge in [-0.1, -0.05) is 18.2 Å². The van der Waals surface area contributed by atoms with Crippen molar-refractivity contribution in [2.75, 3.05) is 13.2 Å². The lowest BCUT2D eigenvalue weighted by Crippen LogP contribution is -2.35. The maximum Gasteiger partial charge on any atom is 0.329 e. The molecule has 1 aliphatic heterocycles. The fraction of sp³-hybridized carbons (Fsp3) is 0.190. The summed E-state index contributed by atoms with van der Waals surface area (Å²) in [5.74, 6) is -1.55. The van der Waals surface area contributed by atoms with Gasteiger partial charge in [0.2, 0.25) is 0 Å². The van der Waals surface area contributed by atoms with Crippen molar-refractivity contribution in [1.82, 2.24) is 10.2 Å². The van der Waals surface area contributed by atoms with Gasteiger partial charge in [-0.05, 0) is 48.4 Å². The first-order valence-corrected chi connectivity index (χ1v) is 9.07. The van der Waals surface area contributed by atoms with Crippen LogP contribution < -0.4 is 14.8 Å². The highest BCUT2D eigenvalue weighted by Gasteiger charge is 2.34. The maximum atomic E-state index is 13.3. The predicted molar refractivity (Wildman–Crippen MR) is 104 cm³/mol. The molecule has 0 atom stereocenters. The Labute approximate surface area is 171 Å². The Hall–Kier alpha value is -3.88. The van der Waals surface area contributed by atoms with Crippen LogP contribution in [0.15, 0.2) is 48.2 Å². The van der Waals surface area contributed by atoms with Gasteiger partial charge in [0, 0.05) is 0 Å². The van der Waals surface area contributed by atoms with E-state index in [1.165, 1.54) is 18.2 Å². The number of amides is 3. The van der Waals surface area contributed by atoms with Crippen molar-refractivity contribution in [3.05, 3.63) is 65.1 Å². The summed E-state index contributed by atoms with van der Waals surface area (Å²) in [6, 6.07) is 10.1. The Morgan fingerprint density at radius 3 is 2.67 bits per heavy atom. The van der Waals surface area contributed by atoms with E-state index < -0.39 is 24.5 Å². The average Bonchev–Trinajstić information content (AvgIpc) is 2.95. The number of imide groups is 1. The van der Waals surface area contributed by atoms with Crippen LogP contribution in [0.1, 0.15) is 18.1 Å². The van der Waals surface area contributed by atoms with Gasteiger partial charge in [-0.3, -0.25) is 9.59 Å². The Kier molecular flexibility index (Phi) is 6.31.